The van der Waals surface area contributed by atoms with E-state index in [0.29, 0.717) is 18.2 Å². The van der Waals surface area contributed by atoms with E-state index in [9.17, 15) is 4.79 Å². The van der Waals surface area contributed by atoms with E-state index in [1.54, 1.807) is 0 Å². The van der Waals surface area contributed by atoms with Crippen LogP contribution in [0.25, 0.3) is 22.3 Å². The highest BCUT2D eigenvalue weighted by atomic mass is 16.2. The average Bonchev–Trinajstić information content (AvgIpc) is 3.53. The van der Waals surface area contributed by atoms with Crippen molar-refractivity contribution in [2.45, 2.75) is 26.3 Å². The average molecular weight is 443 g/mol. The number of hydrogen-bond acceptors (Lipinski definition) is 4. The molecule has 2 N–H and O–H groups in total. The van der Waals surface area contributed by atoms with Crippen LogP contribution in [0.3, 0.4) is 0 Å². The van der Waals surface area contributed by atoms with Crippen LogP contribution >= 0.6 is 0 Å². The number of rotatable bonds is 7. The number of piperidine rings is 1. The summed E-state index contributed by atoms with van der Waals surface area (Å²) < 4.78 is 0. The van der Waals surface area contributed by atoms with E-state index in [1.165, 1.54) is 18.3 Å². The van der Waals surface area contributed by atoms with Crippen molar-refractivity contribution in [1.82, 2.24) is 30.0 Å². The molecule has 1 aliphatic rings. The van der Waals surface area contributed by atoms with E-state index in [2.05, 4.69) is 56.3 Å². The number of carbonyl (C=O) groups is 1. The molecule has 0 spiro atoms. The van der Waals surface area contributed by atoms with Crippen molar-refractivity contribution in [3.8, 4) is 11.4 Å². The van der Waals surface area contributed by atoms with Gasteiger partial charge in [0.25, 0.3) is 5.91 Å². The summed E-state index contributed by atoms with van der Waals surface area (Å²) in [6.07, 6.45) is 3.86. The number of aromatic nitrogens is 4. The van der Waals surface area contributed by atoms with Gasteiger partial charge in [-0.05, 0) is 49.9 Å². The highest BCUT2D eigenvalue weighted by Gasteiger charge is 2.25. The Bertz CT molecular complexity index is 1160. The van der Waals surface area contributed by atoms with Gasteiger partial charge in [-0.1, -0.05) is 42.5 Å². The minimum absolute atomic E-state index is 0.0915. The summed E-state index contributed by atoms with van der Waals surface area (Å²) in [4.78, 5) is 25.2. The standard InChI is InChI=1S/C26H30N6O/c1-2-32(26(33)24-14-22-7-3-4-8-23(22)29-24)17-20-6-5-13-31(16-20)15-19-9-11-21(12-10-19)25-27-18-28-30-25/h3-4,7-12,14,18,20,29H,2,5-6,13,15-17H2,1H3,(H,27,28,30). The van der Waals surface area contributed by atoms with Gasteiger partial charge in [-0.25, -0.2) is 4.98 Å². The van der Waals surface area contributed by atoms with Crippen LogP contribution in [0.1, 0.15) is 35.8 Å². The van der Waals surface area contributed by atoms with E-state index in [1.807, 2.05) is 35.2 Å². The SMILES string of the molecule is CCN(CC1CCCN(Cc2ccc(-c3ncn[nH]3)cc2)C1)C(=O)c1cc2ccccc2[nH]1. The summed E-state index contributed by atoms with van der Waals surface area (Å²) in [5.41, 5.74) is 4.02. The monoisotopic (exact) mass is 442 g/mol. The lowest BCUT2D eigenvalue weighted by Gasteiger charge is -2.35. The number of hydrogen-bond donors (Lipinski definition) is 2. The second kappa shape index (κ2) is 9.58. The predicted octanol–water partition coefficient (Wildman–Crippen LogP) is 4.33. The third kappa shape index (κ3) is 4.83. The van der Waals surface area contributed by atoms with E-state index in [0.717, 1.165) is 54.9 Å². The normalized spacial score (nSPS) is 16.8. The van der Waals surface area contributed by atoms with Crippen LogP contribution in [0.2, 0.25) is 0 Å². The number of likely N-dealkylation sites (tertiary alicyclic amines) is 1. The molecular weight excluding hydrogens is 412 g/mol. The molecule has 1 unspecified atom stereocenters. The summed E-state index contributed by atoms with van der Waals surface area (Å²) >= 11 is 0. The van der Waals surface area contributed by atoms with Crippen molar-refractivity contribution in [3.05, 3.63) is 72.2 Å². The van der Waals surface area contributed by atoms with Crippen molar-refractivity contribution >= 4 is 16.8 Å². The largest absolute Gasteiger partial charge is 0.351 e. The minimum atomic E-state index is 0.0915. The number of H-pyrrole nitrogens is 2. The first-order chi connectivity index (χ1) is 16.2. The Hall–Kier alpha value is -3.45. The van der Waals surface area contributed by atoms with Gasteiger partial charge in [0.05, 0.1) is 0 Å². The van der Waals surface area contributed by atoms with Crippen LogP contribution in [-0.2, 0) is 6.54 Å². The fourth-order valence-electron chi connectivity index (χ4n) is 4.84. The Balaban J connectivity index is 1.20. The molecule has 0 aliphatic carbocycles. The summed E-state index contributed by atoms with van der Waals surface area (Å²) in [7, 11) is 0. The molecule has 0 bridgehead atoms. The smallest absolute Gasteiger partial charge is 0.270 e. The molecule has 0 saturated carbocycles. The highest BCUT2D eigenvalue weighted by Crippen LogP contribution is 2.22. The maximum Gasteiger partial charge on any atom is 0.270 e. The molecule has 1 saturated heterocycles. The maximum atomic E-state index is 13.2. The zero-order valence-corrected chi connectivity index (χ0v) is 19.0. The number of carbonyl (C=O) groups excluding carboxylic acids is 1. The number of benzene rings is 2. The summed E-state index contributed by atoms with van der Waals surface area (Å²) in [5.74, 6) is 1.37. The fraction of sp³-hybridized carbons (Fsp3) is 0.346. The first kappa shape index (κ1) is 21.4. The lowest BCUT2D eigenvalue weighted by atomic mass is 9.96. The first-order valence-corrected chi connectivity index (χ1v) is 11.7. The van der Waals surface area contributed by atoms with Crippen LogP contribution in [0, 0.1) is 5.92 Å². The minimum Gasteiger partial charge on any atom is -0.351 e. The molecule has 170 valence electrons. The topological polar surface area (TPSA) is 80.9 Å². The molecule has 7 nitrogen and oxygen atoms in total. The van der Waals surface area contributed by atoms with Crippen LogP contribution in [0.15, 0.2) is 60.9 Å². The van der Waals surface area contributed by atoms with Crippen molar-refractivity contribution in [2.24, 2.45) is 5.92 Å². The Labute approximate surface area is 193 Å². The lowest BCUT2D eigenvalue weighted by molar-refractivity contribution is 0.0680. The molecule has 1 aliphatic heterocycles. The lowest BCUT2D eigenvalue weighted by Crippen LogP contribution is -2.42. The van der Waals surface area contributed by atoms with Gasteiger partial charge in [0.1, 0.15) is 12.0 Å². The zero-order valence-electron chi connectivity index (χ0n) is 19.0. The molecule has 2 aromatic carbocycles. The number of nitrogens with one attached hydrogen (secondary N) is 2. The van der Waals surface area contributed by atoms with Gasteiger partial charge in [0.15, 0.2) is 5.82 Å². The molecule has 1 amide bonds. The summed E-state index contributed by atoms with van der Waals surface area (Å²) in [5, 5.41) is 7.91. The van der Waals surface area contributed by atoms with Crippen molar-refractivity contribution in [3.63, 3.8) is 0 Å². The van der Waals surface area contributed by atoms with E-state index in [-0.39, 0.29) is 5.91 Å². The zero-order chi connectivity index (χ0) is 22.6. The van der Waals surface area contributed by atoms with Gasteiger partial charge in [-0.2, -0.15) is 5.10 Å². The number of para-hydroxylation sites is 1. The third-order valence-electron chi connectivity index (χ3n) is 6.56. The number of nitrogens with zero attached hydrogens (tertiary/aromatic N) is 4. The molecule has 5 rings (SSSR count). The van der Waals surface area contributed by atoms with Crippen LogP contribution in [-0.4, -0.2) is 62.1 Å². The van der Waals surface area contributed by atoms with Gasteiger partial charge in [0.2, 0.25) is 0 Å². The first-order valence-electron chi connectivity index (χ1n) is 11.7. The molecule has 1 atom stereocenters. The van der Waals surface area contributed by atoms with Crippen molar-refractivity contribution in [1.29, 1.82) is 0 Å². The van der Waals surface area contributed by atoms with Crippen molar-refractivity contribution in [2.75, 3.05) is 26.2 Å². The van der Waals surface area contributed by atoms with Crippen molar-refractivity contribution < 1.29 is 4.79 Å². The van der Waals surface area contributed by atoms with Gasteiger partial charge in [-0.15, -0.1) is 0 Å². The van der Waals surface area contributed by atoms with Gasteiger partial charge < -0.3 is 9.88 Å². The molecule has 0 radical (unpaired) electrons. The second-order valence-electron chi connectivity index (χ2n) is 8.89. The molecule has 4 aromatic rings. The quantitative estimate of drug-likeness (QED) is 0.446. The fourth-order valence-corrected chi connectivity index (χ4v) is 4.84. The van der Waals surface area contributed by atoms with Gasteiger partial charge >= 0.3 is 0 Å². The predicted molar refractivity (Wildman–Crippen MR) is 130 cm³/mol. The van der Waals surface area contributed by atoms with Crippen LogP contribution in [0.4, 0.5) is 0 Å². The number of aromatic amines is 2. The Morgan fingerprint density at radius 3 is 2.79 bits per heavy atom. The van der Waals surface area contributed by atoms with E-state index >= 15 is 0 Å². The molecule has 7 heteroatoms. The Morgan fingerprint density at radius 1 is 1.18 bits per heavy atom. The van der Waals surface area contributed by atoms with Gasteiger partial charge in [0, 0.05) is 42.6 Å². The second-order valence-corrected chi connectivity index (χ2v) is 8.89. The summed E-state index contributed by atoms with van der Waals surface area (Å²) in [6.45, 7) is 6.62. The van der Waals surface area contributed by atoms with E-state index in [4.69, 9.17) is 0 Å². The third-order valence-corrected chi connectivity index (χ3v) is 6.56. The number of amides is 1. The number of fused-ring (bicyclic) bond motifs is 1. The van der Waals surface area contributed by atoms with Crippen LogP contribution in [0.5, 0.6) is 0 Å². The molecule has 33 heavy (non-hydrogen) atoms. The van der Waals surface area contributed by atoms with E-state index < -0.39 is 0 Å². The Morgan fingerprint density at radius 2 is 2.03 bits per heavy atom. The molecular formula is C26H30N6O. The van der Waals surface area contributed by atoms with Crippen LogP contribution < -0.4 is 0 Å². The molecule has 3 heterocycles. The molecule has 1 fully saturated rings. The Kier molecular flexibility index (Phi) is 6.21. The highest BCUT2D eigenvalue weighted by molar-refractivity contribution is 5.98. The van der Waals surface area contributed by atoms with Gasteiger partial charge in [-0.3, -0.25) is 14.8 Å². The summed E-state index contributed by atoms with van der Waals surface area (Å²) in [6, 6.07) is 18.5. The maximum absolute atomic E-state index is 13.2. The molecule has 2 aromatic heterocycles.